The SMILES string of the molecule is CCCNC(C)CCCS(=O)c1ccc2c(c1)OCCO2. The van der Waals surface area contributed by atoms with Gasteiger partial charge in [-0.1, -0.05) is 6.92 Å². The summed E-state index contributed by atoms with van der Waals surface area (Å²) in [5, 5.41) is 3.45. The van der Waals surface area contributed by atoms with E-state index in [1.807, 2.05) is 18.2 Å². The highest BCUT2D eigenvalue weighted by atomic mass is 32.2. The predicted octanol–water partition coefficient (Wildman–Crippen LogP) is 2.73. The van der Waals surface area contributed by atoms with Crippen molar-refractivity contribution in [2.24, 2.45) is 0 Å². The molecule has 1 N–H and O–H groups in total. The largest absolute Gasteiger partial charge is 0.486 e. The lowest BCUT2D eigenvalue weighted by Gasteiger charge is -2.18. The standard InChI is InChI=1S/C16H25NO3S/c1-3-8-17-13(2)5-4-11-21(18)14-6-7-15-16(12-14)20-10-9-19-15/h6-7,12-13,17H,3-5,8-11H2,1-2H3. The van der Waals surface area contributed by atoms with Crippen LogP contribution >= 0.6 is 0 Å². The van der Waals surface area contributed by atoms with Crippen molar-refractivity contribution >= 4 is 10.8 Å². The summed E-state index contributed by atoms with van der Waals surface area (Å²) in [4.78, 5) is 0.827. The Kier molecular flexibility index (Phi) is 6.51. The molecule has 0 saturated heterocycles. The molecule has 1 heterocycles. The Balaban J connectivity index is 1.80. The van der Waals surface area contributed by atoms with Crippen LogP contribution in [-0.2, 0) is 10.8 Å². The minimum atomic E-state index is -0.967. The van der Waals surface area contributed by atoms with E-state index < -0.39 is 10.8 Å². The van der Waals surface area contributed by atoms with E-state index >= 15 is 0 Å². The van der Waals surface area contributed by atoms with Crippen LogP contribution in [0.3, 0.4) is 0 Å². The zero-order chi connectivity index (χ0) is 15.1. The molecule has 0 radical (unpaired) electrons. The Morgan fingerprint density at radius 3 is 2.81 bits per heavy atom. The quantitative estimate of drug-likeness (QED) is 0.802. The van der Waals surface area contributed by atoms with Gasteiger partial charge in [0.1, 0.15) is 13.2 Å². The number of hydrogen-bond acceptors (Lipinski definition) is 4. The Bertz CT molecular complexity index is 479. The predicted molar refractivity (Wildman–Crippen MR) is 85.7 cm³/mol. The first kappa shape index (κ1) is 16.3. The van der Waals surface area contributed by atoms with Crippen LogP contribution in [0.25, 0.3) is 0 Å². The Morgan fingerprint density at radius 1 is 1.29 bits per heavy atom. The third-order valence-corrected chi connectivity index (χ3v) is 4.93. The van der Waals surface area contributed by atoms with Gasteiger partial charge in [-0.3, -0.25) is 4.21 Å². The van der Waals surface area contributed by atoms with Gasteiger partial charge in [0, 0.05) is 22.8 Å². The molecule has 1 aliphatic heterocycles. The van der Waals surface area contributed by atoms with E-state index in [9.17, 15) is 4.21 Å². The number of ether oxygens (including phenoxy) is 2. The number of benzene rings is 1. The van der Waals surface area contributed by atoms with Crippen molar-refractivity contribution in [1.82, 2.24) is 5.32 Å². The van der Waals surface area contributed by atoms with Crippen LogP contribution in [-0.4, -0.2) is 35.8 Å². The van der Waals surface area contributed by atoms with Gasteiger partial charge in [0.05, 0.1) is 10.8 Å². The van der Waals surface area contributed by atoms with Crippen LogP contribution in [0, 0.1) is 0 Å². The maximum absolute atomic E-state index is 12.3. The van der Waals surface area contributed by atoms with Crippen molar-refractivity contribution in [3.8, 4) is 11.5 Å². The van der Waals surface area contributed by atoms with E-state index in [2.05, 4.69) is 19.2 Å². The third-order valence-electron chi connectivity index (χ3n) is 3.49. The van der Waals surface area contributed by atoms with Crippen LogP contribution in [0.15, 0.2) is 23.1 Å². The van der Waals surface area contributed by atoms with Gasteiger partial charge in [-0.2, -0.15) is 0 Å². The van der Waals surface area contributed by atoms with E-state index in [4.69, 9.17) is 9.47 Å². The summed E-state index contributed by atoms with van der Waals surface area (Å²) >= 11 is 0. The van der Waals surface area contributed by atoms with Gasteiger partial charge in [-0.15, -0.1) is 0 Å². The first-order valence-electron chi connectivity index (χ1n) is 7.72. The molecular weight excluding hydrogens is 286 g/mol. The van der Waals surface area contributed by atoms with E-state index in [0.717, 1.165) is 36.5 Å². The molecule has 4 nitrogen and oxygen atoms in total. The van der Waals surface area contributed by atoms with Crippen molar-refractivity contribution in [2.75, 3.05) is 25.5 Å². The van der Waals surface area contributed by atoms with Crippen LogP contribution in [0.1, 0.15) is 33.1 Å². The zero-order valence-electron chi connectivity index (χ0n) is 12.9. The van der Waals surface area contributed by atoms with Gasteiger partial charge in [0.2, 0.25) is 0 Å². The second-order valence-corrected chi connectivity index (χ2v) is 6.92. The molecule has 0 bridgehead atoms. The highest BCUT2D eigenvalue weighted by Crippen LogP contribution is 2.31. The van der Waals surface area contributed by atoms with E-state index in [0.29, 0.717) is 30.8 Å². The van der Waals surface area contributed by atoms with Gasteiger partial charge in [-0.05, 0) is 44.9 Å². The second kappa shape index (κ2) is 8.39. The maximum atomic E-state index is 12.3. The van der Waals surface area contributed by atoms with Crippen molar-refractivity contribution in [2.45, 2.75) is 44.0 Å². The summed E-state index contributed by atoms with van der Waals surface area (Å²) in [5.74, 6) is 2.15. The van der Waals surface area contributed by atoms with E-state index in [1.165, 1.54) is 0 Å². The number of hydrogen-bond donors (Lipinski definition) is 1. The molecule has 118 valence electrons. The van der Waals surface area contributed by atoms with Crippen molar-refractivity contribution in [1.29, 1.82) is 0 Å². The zero-order valence-corrected chi connectivity index (χ0v) is 13.7. The van der Waals surface area contributed by atoms with Gasteiger partial charge in [-0.25, -0.2) is 0 Å². The first-order valence-corrected chi connectivity index (χ1v) is 9.04. The molecule has 1 aliphatic rings. The van der Waals surface area contributed by atoms with Crippen molar-refractivity contribution in [3.05, 3.63) is 18.2 Å². The summed E-state index contributed by atoms with van der Waals surface area (Å²) in [5.41, 5.74) is 0. The van der Waals surface area contributed by atoms with Crippen LogP contribution < -0.4 is 14.8 Å². The molecule has 0 amide bonds. The number of fused-ring (bicyclic) bond motifs is 1. The molecule has 2 atom stereocenters. The third kappa shape index (κ3) is 5.00. The molecule has 2 unspecified atom stereocenters. The van der Waals surface area contributed by atoms with Gasteiger partial charge in [0.25, 0.3) is 0 Å². The highest BCUT2D eigenvalue weighted by Gasteiger charge is 2.14. The van der Waals surface area contributed by atoms with Crippen LogP contribution in [0.5, 0.6) is 11.5 Å². The molecule has 0 aromatic heterocycles. The Labute approximate surface area is 129 Å². The molecule has 2 rings (SSSR count). The molecule has 1 aromatic carbocycles. The fraction of sp³-hybridized carbons (Fsp3) is 0.625. The fourth-order valence-electron chi connectivity index (χ4n) is 2.30. The summed E-state index contributed by atoms with van der Waals surface area (Å²) < 4.78 is 23.3. The minimum Gasteiger partial charge on any atom is -0.486 e. The second-order valence-electron chi connectivity index (χ2n) is 5.35. The maximum Gasteiger partial charge on any atom is 0.162 e. The topological polar surface area (TPSA) is 47.6 Å². The van der Waals surface area contributed by atoms with Crippen molar-refractivity contribution in [3.63, 3.8) is 0 Å². The van der Waals surface area contributed by atoms with Crippen LogP contribution in [0.4, 0.5) is 0 Å². The minimum absolute atomic E-state index is 0.488. The molecule has 0 spiro atoms. The summed E-state index contributed by atoms with van der Waals surface area (Å²) in [6.45, 7) is 6.54. The number of nitrogens with one attached hydrogen (secondary N) is 1. The first-order chi connectivity index (χ1) is 10.2. The molecule has 0 aliphatic carbocycles. The van der Waals surface area contributed by atoms with Gasteiger partial charge in [0.15, 0.2) is 11.5 Å². The van der Waals surface area contributed by atoms with E-state index in [-0.39, 0.29) is 0 Å². The molecule has 5 heteroatoms. The summed E-state index contributed by atoms with van der Waals surface area (Å²) in [6.07, 6.45) is 3.16. The lowest BCUT2D eigenvalue weighted by Crippen LogP contribution is -2.26. The average Bonchev–Trinajstić information content (AvgIpc) is 2.52. The molecule has 21 heavy (non-hydrogen) atoms. The smallest absolute Gasteiger partial charge is 0.162 e. The average molecular weight is 311 g/mol. The Hall–Kier alpha value is -1.07. The lowest BCUT2D eigenvalue weighted by atomic mass is 10.2. The molecule has 1 aromatic rings. The Morgan fingerprint density at radius 2 is 2.05 bits per heavy atom. The lowest BCUT2D eigenvalue weighted by molar-refractivity contribution is 0.171. The van der Waals surface area contributed by atoms with Crippen molar-refractivity contribution < 1.29 is 13.7 Å². The number of rotatable bonds is 8. The fourth-order valence-corrected chi connectivity index (χ4v) is 3.42. The monoisotopic (exact) mass is 311 g/mol. The molecular formula is C16H25NO3S. The summed E-state index contributed by atoms with van der Waals surface area (Å²) in [7, 11) is -0.967. The highest BCUT2D eigenvalue weighted by molar-refractivity contribution is 7.85. The normalized spacial score (nSPS) is 16.5. The van der Waals surface area contributed by atoms with Crippen LogP contribution in [0.2, 0.25) is 0 Å². The van der Waals surface area contributed by atoms with Gasteiger partial charge >= 0.3 is 0 Å². The van der Waals surface area contributed by atoms with E-state index in [1.54, 1.807) is 0 Å². The summed E-state index contributed by atoms with van der Waals surface area (Å²) in [6, 6.07) is 6.07. The molecule has 0 saturated carbocycles. The molecule has 0 fully saturated rings. The van der Waals surface area contributed by atoms with Gasteiger partial charge < -0.3 is 14.8 Å².